The molecule has 3 aromatic heterocycles. The third kappa shape index (κ3) is 4.22. The van der Waals surface area contributed by atoms with Crippen LogP contribution in [-0.4, -0.2) is 33.5 Å². The highest BCUT2D eigenvalue weighted by atomic mass is 79.9. The van der Waals surface area contributed by atoms with Gasteiger partial charge in [-0.1, -0.05) is 17.4 Å². The third-order valence-corrected chi connectivity index (χ3v) is 5.25. The Morgan fingerprint density at radius 2 is 2.00 bits per heavy atom. The zero-order chi connectivity index (χ0) is 16.9. The summed E-state index contributed by atoms with van der Waals surface area (Å²) in [7, 11) is 0. The smallest absolute Gasteiger partial charge is 0.261 e. The molecule has 2 N–H and O–H groups in total. The molecule has 0 spiro atoms. The second kappa shape index (κ2) is 7.60. The van der Waals surface area contributed by atoms with Gasteiger partial charge in [0.2, 0.25) is 11.0 Å². The van der Waals surface area contributed by atoms with Crippen LogP contribution >= 0.6 is 38.6 Å². The Balaban J connectivity index is 1.54. The summed E-state index contributed by atoms with van der Waals surface area (Å²) in [4.78, 5) is 28.5. The molecule has 0 aliphatic carbocycles. The molecule has 0 unspecified atom stereocenters. The largest absolute Gasteiger partial charge is 0.342 e. The van der Waals surface area contributed by atoms with Crippen LogP contribution in [0, 0.1) is 0 Å². The zero-order valence-corrected chi connectivity index (χ0v) is 15.2. The molecule has 24 heavy (non-hydrogen) atoms. The molecular formula is C14H10BrN5O2S2. The predicted molar refractivity (Wildman–Crippen MR) is 96.1 cm³/mol. The quantitative estimate of drug-likeness (QED) is 0.657. The first kappa shape index (κ1) is 16.7. The number of hydrogen-bond donors (Lipinski definition) is 2. The summed E-state index contributed by atoms with van der Waals surface area (Å²) in [5, 5.41) is 14.0. The van der Waals surface area contributed by atoms with Crippen molar-refractivity contribution in [1.29, 1.82) is 0 Å². The molecule has 0 bridgehead atoms. The van der Waals surface area contributed by atoms with E-state index in [4.69, 9.17) is 0 Å². The Morgan fingerprint density at radius 1 is 1.12 bits per heavy atom. The molecule has 0 fully saturated rings. The van der Waals surface area contributed by atoms with Gasteiger partial charge in [-0.3, -0.25) is 19.9 Å². The van der Waals surface area contributed by atoms with Crippen LogP contribution in [0.25, 0.3) is 10.7 Å². The number of halogens is 1. The van der Waals surface area contributed by atoms with Gasteiger partial charge in [-0.05, 0) is 40.2 Å². The van der Waals surface area contributed by atoms with Crippen LogP contribution in [0.5, 0.6) is 0 Å². The molecule has 0 aliphatic rings. The molecule has 122 valence electrons. The normalized spacial score (nSPS) is 10.4. The van der Waals surface area contributed by atoms with E-state index >= 15 is 0 Å². The number of hydrogen-bond acceptors (Lipinski definition) is 7. The van der Waals surface area contributed by atoms with Gasteiger partial charge >= 0.3 is 0 Å². The van der Waals surface area contributed by atoms with Crippen molar-refractivity contribution in [2.45, 2.75) is 0 Å². The zero-order valence-electron chi connectivity index (χ0n) is 12.0. The lowest BCUT2D eigenvalue weighted by Crippen LogP contribution is -2.32. The molecule has 7 nitrogen and oxygen atoms in total. The highest BCUT2D eigenvalue weighted by Crippen LogP contribution is 2.24. The molecule has 0 atom stereocenters. The van der Waals surface area contributed by atoms with Crippen molar-refractivity contribution in [2.75, 3.05) is 11.9 Å². The monoisotopic (exact) mass is 423 g/mol. The molecule has 0 radical (unpaired) electrons. The van der Waals surface area contributed by atoms with Crippen LogP contribution in [0.1, 0.15) is 9.67 Å². The Morgan fingerprint density at radius 3 is 2.71 bits per heavy atom. The topological polar surface area (TPSA) is 96.9 Å². The van der Waals surface area contributed by atoms with Crippen molar-refractivity contribution in [2.24, 2.45) is 0 Å². The molecule has 0 aliphatic heterocycles. The SMILES string of the molecule is O=C(CNC(=O)c1ccc(Br)s1)Nc1nnc(-c2ccccn2)s1. The highest BCUT2D eigenvalue weighted by Gasteiger charge is 2.13. The van der Waals surface area contributed by atoms with Gasteiger partial charge in [0.1, 0.15) is 5.69 Å². The van der Waals surface area contributed by atoms with Crippen molar-refractivity contribution in [3.8, 4) is 10.7 Å². The average molecular weight is 424 g/mol. The van der Waals surface area contributed by atoms with Crippen molar-refractivity contribution in [1.82, 2.24) is 20.5 Å². The summed E-state index contributed by atoms with van der Waals surface area (Å²) in [6.07, 6.45) is 1.66. The molecular weight excluding hydrogens is 414 g/mol. The number of pyridine rings is 1. The average Bonchev–Trinajstić information content (AvgIpc) is 3.23. The van der Waals surface area contributed by atoms with Gasteiger partial charge in [0.05, 0.1) is 15.2 Å². The number of carbonyl (C=O) groups is 2. The lowest BCUT2D eigenvalue weighted by atomic mass is 10.4. The number of anilines is 1. The number of thiophene rings is 1. The number of aromatic nitrogens is 3. The van der Waals surface area contributed by atoms with E-state index in [9.17, 15) is 9.59 Å². The van der Waals surface area contributed by atoms with E-state index in [0.29, 0.717) is 20.7 Å². The van der Waals surface area contributed by atoms with Gasteiger partial charge in [0, 0.05) is 6.20 Å². The van der Waals surface area contributed by atoms with E-state index in [1.807, 2.05) is 18.2 Å². The van der Waals surface area contributed by atoms with Crippen LogP contribution in [0.3, 0.4) is 0 Å². The molecule has 0 aromatic carbocycles. The maximum Gasteiger partial charge on any atom is 0.261 e. The fraction of sp³-hybridized carbons (Fsp3) is 0.0714. The highest BCUT2D eigenvalue weighted by molar-refractivity contribution is 9.11. The fourth-order valence-electron chi connectivity index (χ4n) is 1.71. The number of amides is 2. The predicted octanol–water partition coefficient (Wildman–Crippen LogP) is 2.79. The van der Waals surface area contributed by atoms with E-state index < -0.39 is 0 Å². The lowest BCUT2D eigenvalue weighted by molar-refractivity contribution is -0.115. The van der Waals surface area contributed by atoms with Gasteiger partial charge in [-0.15, -0.1) is 21.5 Å². The molecule has 0 saturated heterocycles. The van der Waals surface area contributed by atoms with Gasteiger partial charge in [-0.2, -0.15) is 0 Å². The Hall–Kier alpha value is -2.17. The van der Waals surface area contributed by atoms with E-state index in [0.717, 1.165) is 3.79 Å². The first-order chi connectivity index (χ1) is 11.6. The van der Waals surface area contributed by atoms with Crippen molar-refractivity contribution in [3.63, 3.8) is 0 Å². The standard InChI is InChI=1S/C14H10BrN5O2S2/c15-10-5-4-9(23-10)12(22)17-7-11(21)18-14-20-19-13(24-14)8-3-1-2-6-16-8/h1-6H,7H2,(H,17,22)(H,18,20,21). The van der Waals surface area contributed by atoms with Crippen LogP contribution < -0.4 is 10.6 Å². The summed E-state index contributed by atoms with van der Waals surface area (Å²) >= 11 is 5.80. The molecule has 3 heterocycles. The molecule has 2 amide bonds. The van der Waals surface area contributed by atoms with E-state index in [2.05, 4.69) is 41.7 Å². The second-order valence-corrected chi connectivity index (χ2v) is 7.90. The van der Waals surface area contributed by atoms with Crippen molar-refractivity contribution < 1.29 is 9.59 Å². The Bertz CT molecular complexity index is 865. The Kier molecular flexibility index (Phi) is 5.28. The van der Waals surface area contributed by atoms with Gasteiger partial charge in [0.25, 0.3) is 5.91 Å². The van der Waals surface area contributed by atoms with Gasteiger partial charge in [0.15, 0.2) is 5.01 Å². The lowest BCUT2D eigenvalue weighted by Gasteiger charge is -2.02. The van der Waals surface area contributed by atoms with Crippen LogP contribution in [0.4, 0.5) is 5.13 Å². The minimum atomic E-state index is -0.373. The van der Waals surface area contributed by atoms with Crippen LogP contribution in [-0.2, 0) is 4.79 Å². The molecule has 10 heteroatoms. The first-order valence-corrected chi connectivity index (χ1v) is 9.13. The van der Waals surface area contributed by atoms with Gasteiger partial charge < -0.3 is 5.32 Å². The Labute approximate surface area is 153 Å². The maximum absolute atomic E-state index is 11.9. The molecule has 0 saturated carbocycles. The van der Waals surface area contributed by atoms with Crippen LogP contribution in [0.15, 0.2) is 40.3 Å². The minimum Gasteiger partial charge on any atom is -0.342 e. The number of nitrogens with zero attached hydrogens (tertiary/aromatic N) is 3. The summed E-state index contributed by atoms with van der Waals surface area (Å²) in [5.74, 6) is -0.671. The van der Waals surface area contributed by atoms with Gasteiger partial charge in [-0.25, -0.2) is 0 Å². The second-order valence-electron chi connectivity index (χ2n) is 4.46. The fourth-order valence-corrected chi connectivity index (χ4v) is 3.75. The summed E-state index contributed by atoms with van der Waals surface area (Å²) < 4.78 is 0.855. The number of carbonyl (C=O) groups excluding carboxylic acids is 2. The van der Waals surface area contributed by atoms with E-state index in [-0.39, 0.29) is 18.4 Å². The first-order valence-electron chi connectivity index (χ1n) is 6.70. The molecule has 3 rings (SSSR count). The van der Waals surface area contributed by atoms with Crippen LogP contribution in [0.2, 0.25) is 0 Å². The van der Waals surface area contributed by atoms with Crippen molar-refractivity contribution in [3.05, 3.63) is 45.2 Å². The van der Waals surface area contributed by atoms with Crippen molar-refractivity contribution >= 4 is 55.5 Å². The third-order valence-electron chi connectivity index (χ3n) is 2.76. The van der Waals surface area contributed by atoms with E-state index in [1.54, 1.807) is 18.3 Å². The molecule has 3 aromatic rings. The maximum atomic E-state index is 11.9. The number of rotatable bonds is 5. The summed E-state index contributed by atoms with van der Waals surface area (Å²) in [5.41, 5.74) is 0.687. The number of nitrogens with one attached hydrogen (secondary N) is 2. The minimum absolute atomic E-state index is 0.146. The summed E-state index contributed by atoms with van der Waals surface area (Å²) in [6.45, 7) is -0.146. The summed E-state index contributed by atoms with van der Waals surface area (Å²) in [6, 6.07) is 8.93. The van der Waals surface area contributed by atoms with E-state index in [1.165, 1.54) is 22.7 Å².